The van der Waals surface area contributed by atoms with E-state index in [1.54, 1.807) is 6.92 Å². The molecule has 2 aliphatic carbocycles. The Morgan fingerprint density at radius 3 is 2.60 bits per heavy atom. The maximum absolute atomic E-state index is 13.1. The monoisotopic (exact) mass is 390 g/mol. The van der Waals surface area contributed by atoms with E-state index in [1.807, 2.05) is 0 Å². The molecular formula is C18H25Cl2FN2O2. The number of carbonyl (C=O) groups is 1. The maximum atomic E-state index is 13.1. The lowest BCUT2D eigenvalue weighted by Gasteiger charge is -2.45. The standard InChI is InChI=1S/C18H24ClFN2O2.ClH/c1-10(24-16-6-5-13(20)9-15(16)19)18(23)22-17-11-3-2-4-12(17)8-14(21)7-11;/h5-6,9-12,14,17H,2-4,7-8,21H2,1H3,(H,22,23);1H. The first kappa shape index (κ1) is 20.3. The molecule has 1 amide bonds. The maximum Gasteiger partial charge on any atom is 0.261 e. The Labute approximate surface area is 159 Å². The summed E-state index contributed by atoms with van der Waals surface area (Å²) in [7, 11) is 0. The molecule has 1 aromatic carbocycles. The van der Waals surface area contributed by atoms with Gasteiger partial charge in [-0.2, -0.15) is 0 Å². The quantitative estimate of drug-likeness (QED) is 0.823. The number of carbonyl (C=O) groups excluding carboxylic acids is 1. The van der Waals surface area contributed by atoms with Crippen LogP contribution >= 0.6 is 24.0 Å². The number of nitrogens with two attached hydrogens (primary N) is 1. The van der Waals surface area contributed by atoms with Gasteiger partial charge in [-0.15, -0.1) is 12.4 Å². The van der Waals surface area contributed by atoms with Gasteiger partial charge in [-0.3, -0.25) is 4.79 Å². The summed E-state index contributed by atoms with van der Waals surface area (Å²) >= 11 is 5.95. The number of rotatable bonds is 4. The van der Waals surface area contributed by atoms with Crippen LogP contribution in [0.15, 0.2) is 18.2 Å². The van der Waals surface area contributed by atoms with Crippen LogP contribution in [0.5, 0.6) is 5.75 Å². The summed E-state index contributed by atoms with van der Waals surface area (Å²) < 4.78 is 18.7. The van der Waals surface area contributed by atoms with Crippen LogP contribution in [0.4, 0.5) is 4.39 Å². The van der Waals surface area contributed by atoms with Crippen molar-refractivity contribution in [3.05, 3.63) is 29.0 Å². The highest BCUT2D eigenvalue weighted by molar-refractivity contribution is 6.32. The number of nitrogens with one attached hydrogen (secondary N) is 1. The first-order valence-corrected chi connectivity index (χ1v) is 8.99. The lowest BCUT2D eigenvalue weighted by Crippen LogP contribution is -2.55. The molecule has 0 aromatic heterocycles. The van der Waals surface area contributed by atoms with Crippen molar-refractivity contribution < 1.29 is 13.9 Å². The number of halogens is 3. The highest BCUT2D eigenvalue weighted by atomic mass is 35.5. The topological polar surface area (TPSA) is 64.3 Å². The Morgan fingerprint density at radius 2 is 2.00 bits per heavy atom. The summed E-state index contributed by atoms with van der Waals surface area (Å²) in [5.74, 6) is 0.631. The van der Waals surface area contributed by atoms with E-state index in [0.29, 0.717) is 17.6 Å². The number of benzene rings is 1. The van der Waals surface area contributed by atoms with Crippen LogP contribution in [-0.2, 0) is 4.79 Å². The second kappa shape index (κ2) is 8.56. The minimum absolute atomic E-state index is 0. The average molecular weight is 391 g/mol. The largest absolute Gasteiger partial charge is 0.479 e. The zero-order valence-electron chi connectivity index (χ0n) is 14.2. The molecular weight excluding hydrogens is 366 g/mol. The lowest BCUT2D eigenvalue weighted by molar-refractivity contribution is -0.129. The van der Waals surface area contributed by atoms with Gasteiger partial charge < -0.3 is 15.8 Å². The molecule has 2 saturated carbocycles. The fraction of sp³-hybridized carbons (Fsp3) is 0.611. The Hall–Kier alpha value is -1.04. The van der Waals surface area contributed by atoms with Gasteiger partial charge in [0.05, 0.1) is 5.02 Å². The van der Waals surface area contributed by atoms with Crippen molar-refractivity contribution >= 4 is 29.9 Å². The zero-order chi connectivity index (χ0) is 17.3. The van der Waals surface area contributed by atoms with Crippen LogP contribution in [-0.4, -0.2) is 24.1 Å². The van der Waals surface area contributed by atoms with Crippen molar-refractivity contribution in [1.82, 2.24) is 5.32 Å². The Morgan fingerprint density at radius 1 is 1.36 bits per heavy atom. The highest BCUT2D eigenvalue weighted by Crippen LogP contribution is 2.39. The highest BCUT2D eigenvalue weighted by Gasteiger charge is 2.40. The van der Waals surface area contributed by atoms with Gasteiger partial charge in [-0.05, 0) is 62.6 Å². The molecule has 4 nitrogen and oxygen atoms in total. The predicted octanol–water partition coefficient (Wildman–Crippen LogP) is 3.69. The van der Waals surface area contributed by atoms with Crippen molar-refractivity contribution in [2.24, 2.45) is 17.6 Å². The van der Waals surface area contributed by atoms with Gasteiger partial charge in [-0.25, -0.2) is 4.39 Å². The molecule has 0 heterocycles. The molecule has 3 unspecified atom stereocenters. The van der Waals surface area contributed by atoms with E-state index in [1.165, 1.54) is 24.6 Å². The van der Waals surface area contributed by atoms with Crippen LogP contribution in [0.2, 0.25) is 5.02 Å². The second-order valence-electron chi connectivity index (χ2n) is 7.05. The lowest BCUT2D eigenvalue weighted by atomic mass is 9.67. The Balaban J connectivity index is 0.00000225. The van der Waals surface area contributed by atoms with Gasteiger partial charge in [0.2, 0.25) is 0 Å². The molecule has 2 aliphatic rings. The smallest absolute Gasteiger partial charge is 0.261 e. The van der Waals surface area contributed by atoms with Gasteiger partial charge in [0, 0.05) is 12.1 Å². The van der Waals surface area contributed by atoms with Crippen LogP contribution in [0.3, 0.4) is 0 Å². The summed E-state index contributed by atoms with van der Waals surface area (Å²) in [5, 5.41) is 3.32. The fourth-order valence-electron chi connectivity index (χ4n) is 4.12. The number of hydrogen-bond acceptors (Lipinski definition) is 3. The number of amides is 1. The SMILES string of the molecule is CC(Oc1ccc(F)cc1Cl)C(=O)NC1C2CCCC1CC(N)C2.Cl. The summed E-state index contributed by atoms with van der Waals surface area (Å²) in [4.78, 5) is 12.5. The minimum Gasteiger partial charge on any atom is -0.479 e. The second-order valence-corrected chi connectivity index (χ2v) is 7.46. The molecule has 3 rings (SSSR count). The third kappa shape index (κ3) is 4.78. The molecule has 2 fully saturated rings. The Kier molecular flexibility index (Phi) is 6.94. The third-order valence-corrected chi connectivity index (χ3v) is 5.55. The fourth-order valence-corrected chi connectivity index (χ4v) is 4.33. The third-order valence-electron chi connectivity index (χ3n) is 5.25. The van der Waals surface area contributed by atoms with Crippen LogP contribution < -0.4 is 15.8 Å². The average Bonchev–Trinajstić information content (AvgIpc) is 2.50. The summed E-state index contributed by atoms with van der Waals surface area (Å²) in [6.07, 6.45) is 4.71. The van der Waals surface area contributed by atoms with E-state index in [0.717, 1.165) is 25.7 Å². The molecule has 3 N–H and O–H groups in total. The van der Waals surface area contributed by atoms with Gasteiger partial charge in [0.15, 0.2) is 6.10 Å². The Bertz CT molecular complexity index is 603. The van der Waals surface area contributed by atoms with Crippen molar-refractivity contribution in [3.8, 4) is 5.75 Å². The number of hydrogen-bond donors (Lipinski definition) is 2. The minimum atomic E-state index is -0.690. The summed E-state index contributed by atoms with van der Waals surface area (Å²) in [5.41, 5.74) is 6.13. The molecule has 140 valence electrons. The molecule has 1 aromatic rings. The van der Waals surface area contributed by atoms with Gasteiger partial charge in [-0.1, -0.05) is 18.0 Å². The van der Waals surface area contributed by atoms with Crippen LogP contribution in [0.1, 0.15) is 39.0 Å². The van der Waals surface area contributed by atoms with Crippen molar-refractivity contribution in [2.75, 3.05) is 0 Å². The molecule has 25 heavy (non-hydrogen) atoms. The van der Waals surface area contributed by atoms with Gasteiger partial charge in [0.25, 0.3) is 5.91 Å². The summed E-state index contributed by atoms with van der Waals surface area (Å²) in [6, 6.07) is 4.31. The summed E-state index contributed by atoms with van der Waals surface area (Å²) in [6.45, 7) is 1.68. The van der Waals surface area contributed by atoms with Gasteiger partial charge >= 0.3 is 0 Å². The van der Waals surface area contributed by atoms with E-state index in [4.69, 9.17) is 22.1 Å². The molecule has 7 heteroatoms. The van der Waals surface area contributed by atoms with Crippen molar-refractivity contribution in [2.45, 2.75) is 57.2 Å². The van der Waals surface area contributed by atoms with E-state index in [9.17, 15) is 9.18 Å². The molecule has 0 saturated heterocycles. The molecule has 0 radical (unpaired) electrons. The van der Waals surface area contributed by atoms with Crippen LogP contribution in [0, 0.1) is 17.7 Å². The van der Waals surface area contributed by atoms with E-state index >= 15 is 0 Å². The molecule has 0 spiro atoms. The normalized spacial score (nSPS) is 29.3. The van der Waals surface area contributed by atoms with Crippen molar-refractivity contribution in [3.63, 3.8) is 0 Å². The predicted molar refractivity (Wildman–Crippen MR) is 98.7 cm³/mol. The van der Waals surface area contributed by atoms with E-state index in [2.05, 4.69) is 5.32 Å². The van der Waals surface area contributed by atoms with E-state index in [-0.39, 0.29) is 35.4 Å². The van der Waals surface area contributed by atoms with E-state index < -0.39 is 11.9 Å². The molecule has 0 aliphatic heterocycles. The first-order valence-electron chi connectivity index (χ1n) is 8.61. The number of fused-ring (bicyclic) bond motifs is 2. The zero-order valence-corrected chi connectivity index (χ0v) is 15.8. The molecule has 2 bridgehead atoms. The first-order chi connectivity index (χ1) is 11.4. The van der Waals surface area contributed by atoms with Gasteiger partial charge in [0.1, 0.15) is 11.6 Å². The van der Waals surface area contributed by atoms with Crippen molar-refractivity contribution in [1.29, 1.82) is 0 Å². The number of ether oxygens (including phenoxy) is 1. The van der Waals surface area contributed by atoms with Crippen LogP contribution in [0.25, 0.3) is 0 Å². The molecule has 3 atom stereocenters.